The second-order valence-electron chi connectivity index (χ2n) is 9.32. The highest BCUT2D eigenvalue weighted by atomic mass is 16.6. The van der Waals surface area contributed by atoms with Crippen LogP contribution in [-0.2, 0) is 27.3 Å². The van der Waals surface area contributed by atoms with Crippen molar-refractivity contribution in [2.75, 3.05) is 6.54 Å². The van der Waals surface area contributed by atoms with Gasteiger partial charge in [-0.15, -0.1) is 0 Å². The van der Waals surface area contributed by atoms with E-state index in [1.165, 1.54) is 4.90 Å². The molecule has 0 spiro atoms. The molecular formula is C24H29BN2O6. The van der Waals surface area contributed by atoms with Crippen LogP contribution < -0.4 is 15.5 Å². The van der Waals surface area contributed by atoms with Crippen molar-refractivity contribution in [3.8, 4) is 11.5 Å². The molecule has 2 aromatic carbocycles. The topological polar surface area (TPSA) is 97.3 Å². The molecule has 1 atom stereocenters. The van der Waals surface area contributed by atoms with Crippen LogP contribution in [0.1, 0.15) is 44.7 Å². The molecule has 0 aromatic heterocycles. The van der Waals surface area contributed by atoms with Crippen molar-refractivity contribution in [1.29, 1.82) is 0 Å². The Morgan fingerprint density at radius 2 is 1.91 bits per heavy atom. The van der Waals surface area contributed by atoms with E-state index in [1.807, 2.05) is 51.1 Å². The molecule has 2 aliphatic heterocycles. The Labute approximate surface area is 194 Å². The van der Waals surface area contributed by atoms with E-state index < -0.39 is 24.9 Å². The van der Waals surface area contributed by atoms with Gasteiger partial charge in [-0.25, -0.2) is 4.79 Å². The predicted molar refractivity (Wildman–Crippen MR) is 123 cm³/mol. The van der Waals surface area contributed by atoms with Crippen LogP contribution in [0, 0.1) is 0 Å². The molecule has 9 heteroatoms. The molecule has 174 valence electrons. The zero-order chi connectivity index (χ0) is 23.6. The van der Waals surface area contributed by atoms with Crippen molar-refractivity contribution in [3.05, 3.63) is 53.6 Å². The van der Waals surface area contributed by atoms with Crippen LogP contribution in [0.25, 0.3) is 0 Å². The Hall–Kier alpha value is -3.04. The van der Waals surface area contributed by atoms with E-state index in [0.717, 1.165) is 23.0 Å². The molecule has 4 rings (SSSR count). The van der Waals surface area contributed by atoms with Gasteiger partial charge in [0.1, 0.15) is 23.1 Å². The average molecular weight is 452 g/mol. The van der Waals surface area contributed by atoms with Gasteiger partial charge < -0.3 is 24.5 Å². The van der Waals surface area contributed by atoms with E-state index >= 15 is 0 Å². The zero-order valence-electron chi connectivity index (χ0n) is 19.2. The number of benzene rings is 2. The van der Waals surface area contributed by atoms with Crippen molar-refractivity contribution in [1.82, 2.24) is 10.2 Å². The van der Waals surface area contributed by atoms with Gasteiger partial charge in [-0.1, -0.05) is 18.2 Å². The van der Waals surface area contributed by atoms with Crippen LogP contribution in [-0.4, -0.2) is 47.2 Å². The second-order valence-corrected chi connectivity index (χ2v) is 9.32. The number of ether oxygens (including phenoxy) is 2. The first-order chi connectivity index (χ1) is 15.7. The number of rotatable bonds is 5. The van der Waals surface area contributed by atoms with Gasteiger partial charge in [-0.3, -0.25) is 9.69 Å². The third-order valence-electron chi connectivity index (χ3n) is 5.59. The maximum absolute atomic E-state index is 12.7. The lowest BCUT2D eigenvalue weighted by molar-refractivity contribution is -0.125. The van der Waals surface area contributed by atoms with Gasteiger partial charge >= 0.3 is 13.2 Å². The summed E-state index contributed by atoms with van der Waals surface area (Å²) in [6, 6.07) is 12.4. The van der Waals surface area contributed by atoms with Crippen LogP contribution in [0.5, 0.6) is 11.5 Å². The third kappa shape index (κ3) is 5.67. The zero-order valence-corrected chi connectivity index (χ0v) is 19.2. The summed E-state index contributed by atoms with van der Waals surface area (Å²) in [5.74, 6) is 1.15. The fraction of sp³-hybridized carbons (Fsp3) is 0.417. The van der Waals surface area contributed by atoms with Crippen LogP contribution in [0.15, 0.2) is 42.5 Å². The normalized spacial score (nSPS) is 17.6. The van der Waals surface area contributed by atoms with Crippen LogP contribution in [0.4, 0.5) is 4.79 Å². The Morgan fingerprint density at radius 1 is 1.18 bits per heavy atom. The number of amides is 2. The largest absolute Gasteiger partial charge is 0.491 e. The molecule has 33 heavy (non-hydrogen) atoms. The molecule has 0 aliphatic carbocycles. The summed E-state index contributed by atoms with van der Waals surface area (Å²) in [4.78, 5) is 26.6. The number of nitrogens with one attached hydrogen (secondary N) is 1. The first kappa shape index (κ1) is 23.1. The summed E-state index contributed by atoms with van der Waals surface area (Å²) in [6.07, 6.45) is 0.951. The van der Waals surface area contributed by atoms with Crippen LogP contribution in [0.3, 0.4) is 0 Å². The van der Waals surface area contributed by atoms with Gasteiger partial charge in [0.15, 0.2) is 0 Å². The lowest BCUT2D eigenvalue weighted by Crippen LogP contribution is -2.47. The van der Waals surface area contributed by atoms with E-state index in [0.29, 0.717) is 37.6 Å². The number of carbonyl (C=O) groups is 2. The molecule has 0 radical (unpaired) electrons. The minimum absolute atomic E-state index is 0.179. The highest BCUT2D eigenvalue weighted by molar-refractivity contribution is 6.61. The monoisotopic (exact) mass is 452 g/mol. The summed E-state index contributed by atoms with van der Waals surface area (Å²) < 4.78 is 16.5. The maximum Gasteiger partial charge on any atom is 0.491 e. The summed E-state index contributed by atoms with van der Waals surface area (Å²) in [5, 5.41) is 12.6. The number of hydrogen-bond acceptors (Lipinski definition) is 6. The Morgan fingerprint density at radius 3 is 2.64 bits per heavy atom. The van der Waals surface area contributed by atoms with Gasteiger partial charge in [-0.05, 0) is 74.5 Å². The number of hydrogen-bond donors (Lipinski definition) is 2. The molecule has 0 bridgehead atoms. The van der Waals surface area contributed by atoms with Gasteiger partial charge in [-0.2, -0.15) is 0 Å². The Kier molecular flexibility index (Phi) is 6.62. The van der Waals surface area contributed by atoms with E-state index in [1.54, 1.807) is 12.1 Å². The van der Waals surface area contributed by atoms with E-state index in [4.69, 9.17) is 14.1 Å². The van der Waals surface area contributed by atoms with Gasteiger partial charge in [0, 0.05) is 13.1 Å². The molecule has 2 aliphatic rings. The Bertz CT molecular complexity index is 1020. The van der Waals surface area contributed by atoms with E-state index in [-0.39, 0.29) is 5.91 Å². The fourth-order valence-corrected chi connectivity index (χ4v) is 3.97. The molecule has 1 fully saturated rings. The van der Waals surface area contributed by atoms with Crippen molar-refractivity contribution in [2.45, 2.75) is 58.4 Å². The minimum Gasteiger partial charge on any atom is -0.457 e. The average Bonchev–Trinajstić information content (AvgIpc) is 3.39. The third-order valence-corrected chi connectivity index (χ3v) is 5.59. The summed E-state index contributed by atoms with van der Waals surface area (Å²) in [7, 11) is -0.871. The van der Waals surface area contributed by atoms with Crippen molar-refractivity contribution >= 4 is 24.6 Å². The molecule has 1 saturated heterocycles. The van der Waals surface area contributed by atoms with Crippen molar-refractivity contribution in [3.63, 3.8) is 0 Å². The van der Waals surface area contributed by atoms with Gasteiger partial charge in [0.25, 0.3) is 0 Å². The lowest BCUT2D eigenvalue weighted by Gasteiger charge is -2.28. The number of nitrogens with zero attached hydrogens (tertiary/aromatic N) is 1. The first-order valence-corrected chi connectivity index (χ1v) is 11.2. The molecule has 2 N–H and O–H groups in total. The molecule has 8 nitrogen and oxygen atoms in total. The maximum atomic E-state index is 12.7. The highest BCUT2D eigenvalue weighted by Crippen LogP contribution is 2.25. The molecule has 2 amide bonds. The summed E-state index contributed by atoms with van der Waals surface area (Å²) in [6.45, 7) is 6.67. The van der Waals surface area contributed by atoms with Gasteiger partial charge in [0.05, 0.1) is 6.61 Å². The SMILES string of the molecule is CC(C)(C)OC(=O)N1CCC[C@@H]1C(=O)NCc1ccc(Oc2ccc3c(c2)COB3O)cc1. The van der Waals surface area contributed by atoms with Crippen molar-refractivity contribution in [2.24, 2.45) is 0 Å². The Balaban J connectivity index is 1.30. The highest BCUT2D eigenvalue weighted by Gasteiger charge is 2.36. The van der Waals surface area contributed by atoms with Crippen LogP contribution >= 0.6 is 0 Å². The fourth-order valence-electron chi connectivity index (χ4n) is 3.97. The number of fused-ring (bicyclic) bond motifs is 1. The molecule has 2 heterocycles. The summed E-state index contributed by atoms with van der Waals surface area (Å²) in [5.41, 5.74) is 2.00. The lowest BCUT2D eigenvalue weighted by atomic mass is 9.80. The van der Waals surface area contributed by atoms with E-state index in [9.17, 15) is 14.6 Å². The van der Waals surface area contributed by atoms with E-state index in [2.05, 4.69) is 5.32 Å². The standard InChI is InChI=1S/C24H29BN2O6/c1-24(2,3)33-23(29)27-12-4-5-21(27)22(28)26-14-16-6-8-18(9-7-16)32-19-10-11-20-17(13-19)15-31-25(20)30/h6-11,13,21,30H,4-5,12,14-15H2,1-3H3,(H,26,28)/t21-/m1/s1. The molecule has 0 unspecified atom stereocenters. The minimum atomic E-state index is -0.871. The number of carbonyl (C=O) groups excluding carboxylic acids is 2. The molecular weight excluding hydrogens is 423 g/mol. The second kappa shape index (κ2) is 9.45. The van der Waals surface area contributed by atoms with Crippen LogP contribution in [0.2, 0.25) is 0 Å². The molecule has 2 aromatic rings. The number of likely N-dealkylation sites (tertiary alicyclic amines) is 1. The smallest absolute Gasteiger partial charge is 0.457 e. The summed E-state index contributed by atoms with van der Waals surface area (Å²) >= 11 is 0. The van der Waals surface area contributed by atoms with Gasteiger partial charge in [0.2, 0.25) is 5.91 Å². The molecule has 0 saturated carbocycles. The predicted octanol–water partition coefficient (Wildman–Crippen LogP) is 2.71. The first-order valence-electron chi connectivity index (χ1n) is 11.2. The van der Waals surface area contributed by atoms with Crippen molar-refractivity contribution < 1.29 is 28.7 Å². The quantitative estimate of drug-likeness (QED) is 0.678.